The van der Waals surface area contributed by atoms with Crippen LogP contribution in [0.3, 0.4) is 0 Å². The number of rotatable bonds is 2. The molecule has 0 aliphatic heterocycles. The van der Waals surface area contributed by atoms with Crippen molar-refractivity contribution in [3.8, 4) is 0 Å². The summed E-state index contributed by atoms with van der Waals surface area (Å²) in [5.41, 5.74) is 5.03. The maximum atomic E-state index is 13.0. The molecular weight excluding hydrogens is 196 g/mol. The molecule has 1 rings (SSSR count). The third-order valence-corrected chi connectivity index (χ3v) is 1.68. The molecule has 13 heavy (non-hydrogen) atoms. The van der Waals surface area contributed by atoms with Crippen LogP contribution in [0.4, 0.5) is 8.78 Å². The van der Waals surface area contributed by atoms with Crippen LogP contribution >= 0.6 is 11.6 Å². The van der Waals surface area contributed by atoms with Gasteiger partial charge in [-0.05, 0) is 12.1 Å². The monoisotopic (exact) mass is 203 g/mol. The maximum absolute atomic E-state index is 13.0. The molecule has 1 nitrogen and oxygen atoms in total. The Bertz CT molecular complexity index is 313. The molecule has 0 unspecified atom stereocenters. The number of nitrogens with two attached hydrogens (primary N) is 1. The van der Waals surface area contributed by atoms with Gasteiger partial charge in [0.15, 0.2) is 0 Å². The van der Waals surface area contributed by atoms with Crippen LogP contribution in [0.25, 0.3) is 6.08 Å². The number of halogens is 3. The fraction of sp³-hybridized carbons (Fsp3) is 0.111. The molecule has 0 heterocycles. The molecule has 0 aromatic heterocycles. The third-order valence-electron chi connectivity index (χ3n) is 1.46. The second kappa shape index (κ2) is 4.35. The highest BCUT2D eigenvalue weighted by molar-refractivity contribution is 6.30. The summed E-state index contributed by atoms with van der Waals surface area (Å²) in [4.78, 5) is 0. The summed E-state index contributed by atoms with van der Waals surface area (Å²) in [5, 5.41) is 0.0416. The molecule has 0 aliphatic carbocycles. The topological polar surface area (TPSA) is 26.0 Å². The summed E-state index contributed by atoms with van der Waals surface area (Å²) in [6.07, 6.45) is 2.76. The average molecular weight is 204 g/mol. The van der Waals surface area contributed by atoms with Gasteiger partial charge in [0.2, 0.25) is 0 Å². The fourth-order valence-electron chi connectivity index (χ4n) is 0.898. The molecule has 0 radical (unpaired) electrons. The van der Waals surface area contributed by atoms with Crippen LogP contribution in [-0.2, 0) is 0 Å². The van der Waals surface area contributed by atoms with Gasteiger partial charge in [0, 0.05) is 17.1 Å². The summed E-state index contributed by atoms with van der Waals surface area (Å²) in [5.74, 6) is -1.37. The van der Waals surface area contributed by atoms with Gasteiger partial charge in [-0.1, -0.05) is 23.8 Å². The minimum Gasteiger partial charge on any atom is -0.327 e. The van der Waals surface area contributed by atoms with Crippen molar-refractivity contribution in [2.24, 2.45) is 5.73 Å². The largest absolute Gasteiger partial charge is 0.327 e. The Morgan fingerprint density at radius 1 is 1.31 bits per heavy atom. The molecule has 0 saturated carbocycles. The van der Waals surface area contributed by atoms with Gasteiger partial charge in [-0.2, -0.15) is 0 Å². The van der Waals surface area contributed by atoms with Gasteiger partial charge in [0.1, 0.15) is 11.6 Å². The second-order valence-corrected chi connectivity index (χ2v) is 2.86. The Labute approximate surface area is 79.8 Å². The van der Waals surface area contributed by atoms with Crippen LogP contribution in [-0.4, -0.2) is 6.54 Å². The molecule has 0 saturated heterocycles. The predicted molar refractivity (Wildman–Crippen MR) is 49.5 cm³/mol. The lowest BCUT2D eigenvalue weighted by molar-refractivity contribution is 0.579. The predicted octanol–water partition coefficient (Wildman–Crippen LogP) is 2.59. The molecule has 0 spiro atoms. The van der Waals surface area contributed by atoms with Crippen molar-refractivity contribution >= 4 is 17.7 Å². The molecule has 0 atom stereocenters. The van der Waals surface area contributed by atoms with Gasteiger partial charge >= 0.3 is 0 Å². The highest BCUT2D eigenvalue weighted by atomic mass is 35.5. The average Bonchev–Trinajstić information content (AvgIpc) is 2.02. The molecule has 0 amide bonds. The quantitative estimate of drug-likeness (QED) is 0.786. The first-order valence-electron chi connectivity index (χ1n) is 3.66. The van der Waals surface area contributed by atoms with Crippen molar-refractivity contribution in [3.63, 3.8) is 0 Å². The van der Waals surface area contributed by atoms with Crippen molar-refractivity contribution in [1.82, 2.24) is 0 Å². The number of hydrogen-bond acceptors (Lipinski definition) is 1. The van der Waals surface area contributed by atoms with E-state index < -0.39 is 11.6 Å². The highest BCUT2D eigenvalue weighted by Gasteiger charge is 2.06. The first-order valence-corrected chi connectivity index (χ1v) is 4.04. The zero-order valence-corrected chi connectivity index (χ0v) is 7.48. The molecule has 0 aliphatic rings. The van der Waals surface area contributed by atoms with Crippen LogP contribution in [0, 0.1) is 11.6 Å². The highest BCUT2D eigenvalue weighted by Crippen LogP contribution is 2.19. The van der Waals surface area contributed by atoms with E-state index in [0.717, 1.165) is 12.1 Å². The van der Waals surface area contributed by atoms with Crippen LogP contribution in [0.2, 0.25) is 5.02 Å². The van der Waals surface area contributed by atoms with Gasteiger partial charge < -0.3 is 5.73 Å². The number of hydrogen-bond donors (Lipinski definition) is 1. The van der Waals surface area contributed by atoms with Crippen molar-refractivity contribution in [3.05, 3.63) is 40.4 Å². The number of benzene rings is 1. The van der Waals surface area contributed by atoms with E-state index in [-0.39, 0.29) is 17.1 Å². The minimum absolute atomic E-state index is 0.0416. The molecule has 1 aromatic carbocycles. The summed E-state index contributed by atoms with van der Waals surface area (Å²) < 4.78 is 26.0. The lowest BCUT2D eigenvalue weighted by Gasteiger charge is -1.99. The van der Waals surface area contributed by atoms with Gasteiger partial charge in [-0.15, -0.1) is 0 Å². The second-order valence-electron chi connectivity index (χ2n) is 2.42. The zero-order valence-electron chi connectivity index (χ0n) is 6.73. The molecule has 0 fully saturated rings. The van der Waals surface area contributed by atoms with Gasteiger partial charge in [0.25, 0.3) is 0 Å². The summed E-state index contributed by atoms with van der Waals surface area (Å²) >= 11 is 5.43. The van der Waals surface area contributed by atoms with E-state index in [1.54, 1.807) is 0 Å². The molecule has 2 N–H and O–H groups in total. The van der Waals surface area contributed by atoms with Crippen LogP contribution < -0.4 is 5.73 Å². The zero-order chi connectivity index (χ0) is 9.84. The van der Waals surface area contributed by atoms with Gasteiger partial charge in [-0.25, -0.2) is 8.78 Å². The van der Waals surface area contributed by atoms with Gasteiger partial charge in [0.05, 0.1) is 0 Å². The Hall–Kier alpha value is -0.930. The molecule has 70 valence electrons. The molecule has 1 aromatic rings. The Morgan fingerprint density at radius 3 is 2.31 bits per heavy atom. The van der Waals surface area contributed by atoms with Crippen molar-refractivity contribution in [1.29, 1.82) is 0 Å². The smallest absolute Gasteiger partial charge is 0.134 e. The third kappa shape index (κ3) is 2.50. The first kappa shape index (κ1) is 10.2. The van der Waals surface area contributed by atoms with Crippen LogP contribution in [0.5, 0.6) is 0 Å². The van der Waals surface area contributed by atoms with Gasteiger partial charge in [-0.3, -0.25) is 0 Å². The standard InChI is InChI=1S/C9H8ClF2N/c10-6-4-8(11)7(2-1-3-13)9(12)5-6/h1-2,4-5H,3,13H2. The van der Waals surface area contributed by atoms with E-state index in [4.69, 9.17) is 17.3 Å². The lowest BCUT2D eigenvalue weighted by Crippen LogP contribution is -1.94. The van der Waals surface area contributed by atoms with E-state index in [9.17, 15) is 8.78 Å². The van der Waals surface area contributed by atoms with E-state index >= 15 is 0 Å². The SMILES string of the molecule is NCC=Cc1c(F)cc(Cl)cc1F. The Balaban J connectivity index is 3.13. The van der Waals surface area contributed by atoms with Crippen LogP contribution in [0.1, 0.15) is 5.56 Å². The van der Waals surface area contributed by atoms with E-state index in [0.29, 0.717) is 0 Å². The van der Waals surface area contributed by atoms with Crippen molar-refractivity contribution < 1.29 is 8.78 Å². The summed E-state index contributed by atoms with van der Waals surface area (Å²) in [7, 11) is 0. The Kier molecular flexibility index (Phi) is 3.39. The van der Waals surface area contributed by atoms with Crippen molar-refractivity contribution in [2.45, 2.75) is 0 Å². The van der Waals surface area contributed by atoms with E-state index in [2.05, 4.69) is 0 Å². The molecular formula is C9H8ClF2N. The van der Waals surface area contributed by atoms with Crippen molar-refractivity contribution in [2.75, 3.05) is 6.54 Å². The van der Waals surface area contributed by atoms with Crippen LogP contribution in [0.15, 0.2) is 18.2 Å². The molecule has 4 heteroatoms. The normalized spacial score (nSPS) is 11.1. The van der Waals surface area contributed by atoms with E-state index in [1.807, 2.05) is 0 Å². The fourth-order valence-corrected chi connectivity index (χ4v) is 1.09. The minimum atomic E-state index is -0.685. The lowest BCUT2D eigenvalue weighted by atomic mass is 10.2. The summed E-state index contributed by atoms with van der Waals surface area (Å²) in [6.45, 7) is 0.238. The Morgan fingerprint density at radius 2 is 1.85 bits per heavy atom. The molecule has 0 bridgehead atoms. The maximum Gasteiger partial charge on any atom is 0.134 e. The summed E-state index contributed by atoms with van der Waals surface area (Å²) in [6, 6.07) is 2.11. The van der Waals surface area contributed by atoms with E-state index in [1.165, 1.54) is 12.2 Å². The first-order chi connectivity index (χ1) is 6.15.